The lowest BCUT2D eigenvalue weighted by Gasteiger charge is -2.30. The van der Waals surface area contributed by atoms with Crippen molar-refractivity contribution in [3.05, 3.63) is 59.7 Å². The summed E-state index contributed by atoms with van der Waals surface area (Å²) in [6.07, 6.45) is -0.582. The molecule has 152 valence electrons. The SMILES string of the molecule is COCOCOc1cccc(C(OC)N(OC)c2cccc(C(=O)OC)c2)c1. The van der Waals surface area contributed by atoms with Crippen LogP contribution in [0.15, 0.2) is 48.5 Å². The third kappa shape index (κ3) is 5.67. The van der Waals surface area contributed by atoms with Crippen molar-refractivity contribution in [3.8, 4) is 5.75 Å². The van der Waals surface area contributed by atoms with Crippen molar-refractivity contribution in [1.29, 1.82) is 0 Å². The highest BCUT2D eigenvalue weighted by Crippen LogP contribution is 2.30. The minimum Gasteiger partial charge on any atom is -0.467 e. The largest absolute Gasteiger partial charge is 0.467 e. The lowest BCUT2D eigenvalue weighted by Crippen LogP contribution is -2.29. The molecule has 1 unspecified atom stereocenters. The molecule has 8 heteroatoms. The Morgan fingerprint density at radius 2 is 1.79 bits per heavy atom. The molecule has 8 nitrogen and oxygen atoms in total. The first-order valence-electron chi connectivity index (χ1n) is 8.48. The van der Waals surface area contributed by atoms with E-state index in [0.717, 1.165) is 5.56 Å². The van der Waals surface area contributed by atoms with Crippen molar-refractivity contribution in [2.24, 2.45) is 0 Å². The second kappa shape index (κ2) is 11.3. The average molecular weight is 391 g/mol. The number of hydrogen-bond acceptors (Lipinski definition) is 8. The van der Waals surface area contributed by atoms with E-state index >= 15 is 0 Å². The van der Waals surface area contributed by atoms with E-state index in [2.05, 4.69) is 0 Å². The molecular weight excluding hydrogens is 366 g/mol. The van der Waals surface area contributed by atoms with Gasteiger partial charge in [0, 0.05) is 19.8 Å². The fourth-order valence-electron chi connectivity index (χ4n) is 2.58. The van der Waals surface area contributed by atoms with Crippen molar-refractivity contribution in [3.63, 3.8) is 0 Å². The highest BCUT2D eigenvalue weighted by Gasteiger charge is 2.22. The molecule has 0 heterocycles. The van der Waals surface area contributed by atoms with Crippen LogP contribution in [0.2, 0.25) is 0 Å². The maximum Gasteiger partial charge on any atom is 0.337 e. The quantitative estimate of drug-likeness (QED) is 0.250. The van der Waals surface area contributed by atoms with Crippen LogP contribution >= 0.6 is 0 Å². The number of anilines is 1. The second-order valence-electron chi connectivity index (χ2n) is 5.58. The van der Waals surface area contributed by atoms with Crippen molar-refractivity contribution >= 4 is 11.7 Å². The molecule has 0 bridgehead atoms. The predicted molar refractivity (Wildman–Crippen MR) is 102 cm³/mol. The molecule has 0 aliphatic heterocycles. The van der Waals surface area contributed by atoms with Gasteiger partial charge in [0.1, 0.15) is 12.5 Å². The molecule has 0 saturated heterocycles. The summed E-state index contributed by atoms with van der Waals surface area (Å²) in [4.78, 5) is 17.4. The number of rotatable bonds is 11. The van der Waals surface area contributed by atoms with Crippen LogP contribution in [0.25, 0.3) is 0 Å². The van der Waals surface area contributed by atoms with Crippen LogP contribution in [0.1, 0.15) is 22.1 Å². The number of benzene rings is 2. The van der Waals surface area contributed by atoms with Crippen molar-refractivity contribution in [1.82, 2.24) is 0 Å². The molecule has 0 N–H and O–H groups in total. The standard InChI is InChI=1S/C20H25NO7/c1-23-13-27-14-28-18-10-6-7-15(12-18)19(24-2)21(26-4)17-9-5-8-16(11-17)20(22)25-3/h5-12,19H,13-14H2,1-4H3. The van der Waals surface area contributed by atoms with Gasteiger partial charge in [-0.15, -0.1) is 0 Å². The van der Waals surface area contributed by atoms with E-state index in [4.69, 9.17) is 28.5 Å². The van der Waals surface area contributed by atoms with Gasteiger partial charge in [-0.2, -0.15) is 0 Å². The first kappa shape index (κ1) is 21.6. The van der Waals surface area contributed by atoms with Crippen LogP contribution < -0.4 is 9.80 Å². The highest BCUT2D eigenvalue weighted by atomic mass is 16.7. The van der Waals surface area contributed by atoms with Crippen LogP contribution in [-0.2, 0) is 23.8 Å². The lowest BCUT2D eigenvalue weighted by molar-refractivity contribution is -0.0836. The fraction of sp³-hybridized carbons (Fsp3) is 0.350. The fourth-order valence-corrected chi connectivity index (χ4v) is 2.58. The summed E-state index contributed by atoms with van der Waals surface area (Å²) < 4.78 is 25.9. The van der Waals surface area contributed by atoms with Crippen molar-refractivity contribution in [2.75, 3.05) is 47.1 Å². The molecule has 1 atom stereocenters. The Kier molecular flexibility index (Phi) is 8.70. The smallest absolute Gasteiger partial charge is 0.337 e. The molecule has 0 amide bonds. The molecule has 0 saturated carbocycles. The molecule has 2 rings (SSSR count). The number of methoxy groups -OCH3 is 3. The molecule has 0 aromatic heterocycles. The van der Waals surface area contributed by atoms with E-state index in [9.17, 15) is 4.79 Å². The van der Waals surface area contributed by atoms with Gasteiger partial charge in [-0.05, 0) is 30.3 Å². The summed E-state index contributed by atoms with van der Waals surface area (Å²) in [5.74, 6) is 0.174. The average Bonchev–Trinajstić information content (AvgIpc) is 2.74. The molecule has 0 aliphatic rings. The van der Waals surface area contributed by atoms with Gasteiger partial charge in [-0.3, -0.25) is 4.84 Å². The number of carbonyl (C=O) groups excluding carboxylic acids is 1. The van der Waals surface area contributed by atoms with Gasteiger partial charge in [0.05, 0.1) is 25.5 Å². The van der Waals surface area contributed by atoms with Gasteiger partial charge in [0.25, 0.3) is 0 Å². The van der Waals surface area contributed by atoms with Crippen LogP contribution in [0, 0.1) is 0 Å². The van der Waals surface area contributed by atoms with Gasteiger partial charge in [0.2, 0.25) is 0 Å². The van der Waals surface area contributed by atoms with E-state index in [1.165, 1.54) is 14.2 Å². The molecule has 2 aromatic rings. The zero-order valence-corrected chi connectivity index (χ0v) is 16.4. The Morgan fingerprint density at radius 1 is 1.00 bits per heavy atom. The van der Waals surface area contributed by atoms with Crippen LogP contribution in [-0.4, -0.2) is 48.0 Å². The van der Waals surface area contributed by atoms with Crippen LogP contribution in [0.4, 0.5) is 5.69 Å². The molecule has 0 radical (unpaired) electrons. The minimum absolute atomic E-state index is 0.0596. The van der Waals surface area contributed by atoms with E-state index in [1.54, 1.807) is 49.6 Å². The monoisotopic (exact) mass is 391 g/mol. The van der Waals surface area contributed by atoms with Gasteiger partial charge in [0.15, 0.2) is 13.0 Å². The lowest BCUT2D eigenvalue weighted by atomic mass is 10.1. The van der Waals surface area contributed by atoms with Gasteiger partial charge >= 0.3 is 5.97 Å². The zero-order valence-electron chi connectivity index (χ0n) is 16.4. The molecular formula is C20H25NO7. The van der Waals surface area contributed by atoms with E-state index in [1.807, 2.05) is 18.2 Å². The van der Waals surface area contributed by atoms with Crippen LogP contribution in [0.5, 0.6) is 5.75 Å². The van der Waals surface area contributed by atoms with Gasteiger partial charge < -0.3 is 23.7 Å². The Morgan fingerprint density at radius 3 is 2.46 bits per heavy atom. The summed E-state index contributed by atoms with van der Waals surface area (Å²) in [7, 11) is 5.97. The summed E-state index contributed by atoms with van der Waals surface area (Å²) in [5.41, 5.74) is 1.83. The van der Waals surface area contributed by atoms with Gasteiger partial charge in [-0.1, -0.05) is 18.2 Å². The number of carbonyl (C=O) groups is 1. The third-order valence-electron chi connectivity index (χ3n) is 3.81. The number of hydrogen-bond donors (Lipinski definition) is 0. The molecule has 2 aromatic carbocycles. The Balaban J connectivity index is 2.23. The maximum atomic E-state index is 11.8. The second-order valence-corrected chi connectivity index (χ2v) is 5.58. The summed E-state index contributed by atoms with van der Waals surface area (Å²) in [6.45, 7) is 0.207. The normalized spacial score (nSPS) is 11.7. The number of esters is 1. The summed E-state index contributed by atoms with van der Waals surface area (Å²) >= 11 is 0. The van der Waals surface area contributed by atoms with Crippen molar-refractivity contribution in [2.45, 2.75) is 6.23 Å². The van der Waals surface area contributed by atoms with Crippen molar-refractivity contribution < 1.29 is 33.3 Å². The predicted octanol–water partition coefficient (Wildman–Crippen LogP) is 3.14. The van der Waals surface area contributed by atoms with Gasteiger partial charge in [-0.25, -0.2) is 9.86 Å². The molecule has 28 heavy (non-hydrogen) atoms. The Hall–Kier alpha value is -2.65. The first-order chi connectivity index (χ1) is 13.6. The van der Waals surface area contributed by atoms with E-state index in [-0.39, 0.29) is 13.6 Å². The van der Waals surface area contributed by atoms with E-state index < -0.39 is 12.2 Å². The Bertz CT molecular complexity index is 753. The van der Waals surface area contributed by atoms with Crippen LogP contribution in [0.3, 0.4) is 0 Å². The molecule has 0 fully saturated rings. The summed E-state index contributed by atoms with van der Waals surface area (Å²) in [5, 5.41) is 1.55. The Labute approximate surface area is 164 Å². The summed E-state index contributed by atoms with van der Waals surface area (Å²) in [6, 6.07) is 14.2. The molecule has 0 aliphatic carbocycles. The first-order valence-corrected chi connectivity index (χ1v) is 8.48. The minimum atomic E-state index is -0.582. The third-order valence-corrected chi connectivity index (χ3v) is 3.81. The maximum absolute atomic E-state index is 11.8. The number of ether oxygens (including phenoxy) is 5. The zero-order chi connectivity index (χ0) is 20.4. The molecule has 0 spiro atoms. The topological polar surface area (TPSA) is 75.7 Å². The van der Waals surface area contributed by atoms with E-state index in [0.29, 0.717) is 17.0 Å². The number of hydroxylamine groups is 1. The highest BCUT2D eigenvalue weighted by molar-refractivity contribution is 5.90. The number of nitrogens with zero attached hydrogens (tertiary/aromatic N) is 1.